The Kier molecular flexibility index (Phi) is 5.77. The Hall–Kier alpha value is -2.76. The third kappa shape index (κ3) is 4.21. The van der Waals surface area contributed by atoms with Crippen molar-refractivity contribution in [3.8, 4) is 5.69 Å². The van der Waals surface area contributed by atoms with Gasteiger partial charge in [-0.25, -0.2) is 13.1 Å². The molecule has 0 bridgehead atoms. The minimum absolute atomic E-state index is 0.0241. The summed E-state index contributed by atoms with van der Waals surface area (Å²) in [5, 5.41) is 9.20. The summed E-state index contributed by atoms with van der Waals surface area (Å²) in [6, 6.07) is 8.90. The molecule has 0 unspecified atom stereocenters. The molecule has 1 aromatic carbocycles. The number of ether oxygens (including phenoxy) is 2. The van der Waals surface area contributed by atoms with Gasteiger partial charge < -0.3 is 20.1 Å². The maximum absolute atomic E-state index is 12.3. The van der Waals surface area contributed by atoms with Gasteiger partial charge in [-0.3, -0.25) is 9.59 Å². The highest BCUT2D eigenvalue weighted by molar-refractivity contribution is 7.90. The molecule has 2 aromatic rings. The number of benzene rings is 1. The van der Waals surface area contributed by atoms with Crippen LogP contribution < -0.4 is 10.6 Å². The van der Waals surface area contributed by atoms with Crippen LogP contribution in [0.2, 0.25) is 0 Å². The van der Waals surface area contributed by atoms with Crippen molar-refractivity contribution in [2.24, 2.45) is 0 Å². The summed E-state index contributed by atoms with van der Waals surface area (Å²) in [7, 11) is -0.518. The van der Waals surface area contributed by atoms with Crippen molar-refractivity contribution in [1.82, 2.24) is 15.1 Å². The van der Waals surface area contributed by atoms with Crippen LogP contribution in [-0.2, 0) is 40.4 Å². The Morgan fingerprint density at radius 3 is 2.46 bits per heavy atom. The van der Waals surface area contributed by atoms with Crippen LogP contribution in [0.4, 0.5) is 5.82 Å². The minimum Gasteiger partial charge on any atom is -0.354 e. The lowest BCUT2D eigenvalue weighted by Gasteiger charge is -2.14. The Bertz CT molecular complexity index is 983. The van der Waals surface area contributed by atoms with Gasteiger partial charge in [-0.1, -0.05) is 18.2 Å². The number of hydrogen-bond donors (Lipinski definition) is 2. The van der Waals surface area contributed by atoms with Crippen LogP contribution in [0.1, 0.15) is 11.3 Å². The fourth-order valence-electron chi connectivity index (χ4n) is 2.81. The molecule has 0 radical (unpaired) electrons. The van der Waals surface area contributed by atoms with E-state index in [0.717, 1.165) is 0 Å². The van der Waals surface area contributed by atoms with Gasteiger partial charge in [0.05, 0.1) is 29.4 Å². The fraction of sp³-hybridized carbons (Fsp3) is 0.353. The topological polar surface area (TPSA) is 129 Å². The van der Waals surface area contributed by atoms with Crippen molar-refractivity contribution in [3.63, 3.8) is 0 Å². The predicted molar refractivity (Wildman–Crippen MR) is 99.3 cm³/mol. The van der Waals surface area contributed by atoms with Crippen LogP contribution in [0, 0.1) is 0 Å². The summed E-state index contributed by atoms with van der Waals surface area (Å²) in [4.78, 5) is 24.4. The van der Waals surface area contributed by atoms with Crippen LogP contribution in [0.25, 0.3) is 5.69 Å². The van der Waals surface area contributed by atoms with Crippen LogP contribution >= 0.6 is 0 Å². The summed E-state index contributed by atoms with van der Waals surface area (Å²) in [5.41, 5.74) is 1.37. The van der Waals surface area contributed by atoms with Crippen molar-refractivity contribution in [3.05, 3.63) is 41.6 Å². The van der Waals surface area contributed by atoms with E-state index in [9.17, 15) is 18.0 Å². The summed E-state index contributed by atoms with van der Waals surface area (Å²) in [5.74, 6) is -2.15. The van der Waals surface area contributed by atoms with Gasteiger partial charge in [-0.15, -0.1) is 0 Å². The number of aromatic nitrogens is 2. The normalized spacial score (nSPS) is 14.7. The third-order valence-electron chi connectivity index (χ3n) is 4.18. The van der Waals surface area contributed by atoms with Crippen molar-refractivity contribution in [2.45, 2.75) is 17.8 Å². The number of sulfone groups is 1. The molecule has 1 aliphatic rings. The highest BCUT2D eigenvalue weighted by atomic mass is 32.2. The molecule has 2 N–H and O–H groups in total. The van der Waals surface area contributed by atoms with Gasteiger partial charge >= 0.3 is 11.8 Å². The number of para-hydroxylation sites is 1. The summed E-state index contributed by atoms with van der Waals surface area (Å²) in [6.07, 6.45) is -0.694. The van der Waals surface area contributed by atoms with E-state index in [4.69, 9.17) is 9.47 Å². The number of rotatable bonds is 6. The van der Waals surface area contributed by atoms with E-state index in [-0.39, 0.29) is 23.9 Å². The smallest absolute Gasteiger partial charge is 0.314 e. The van der Waals surface area contributed by atoms with Gasteiger partial charge in [0.1, 0.15) is 5.82 Å². The molecular weight excluding hydrogens is 388 g/mol. The lowest BCUT2D eigenvalue weighted by Crippen LogP contribution is -2.40. The average molecular weight is 408 g/mol. The van der Waals surface area contributed by atoms with E-state index >= 15 is 0 Å². The molecule has 10 nitrogen and oxygen atoms in total. The van der Waals surface area contributed by atoms with Crippen molar-refractivity contribution >= 4 is 27.5 Å². The SMILES string of the molecule is COC(CNC(=O)C(=O)Nc1c2c(nn1-c1ccccc1)CS(=O)(=O)C2)OC. The van der Waals surface area contributed by atoms with E-state index < -0.39 is 27.9 Å². The molecule has 0 fully saturated rings. The molecule has 1 aliphatic heterocycles. The number of methoxy groups -OCH3 is 2. The first-order valence-corrected chi connectivity index (χ1v) is 10.2. The maximum Gasteiger partial charge on any atom is 0.314 e. The van der Waals surface area contributed by atoms with Gasteiger partial charge in [0.2, 0.25) is 0 Å². The zero-order chi connectivity index (χ0) is 20.3. The second kappa shape index (κ2) is 8.09. The Morgan fingerprint density at radius 1 is 1.14 bits per heavy atom. The number of carbonyl (C=O) groups is 2. The molecule has 0 spiro atoms. The summed E-state index contributed by atoms with van der Waals surface area (Å²) in [6.45, 7) is -0.0241. The van der Waals surface area contributed by atoms with Crippen molar-refractivity contribution in [2.75, 3.05) is 26.1 Å². The maximum atomic E-state index is 12.3. The van der Waals surface area contributed by atoms with Gasteiger partial charge in [0.15, 0.2) is 16.1 Å². The summed E-state index contributed by atoms with van der Waals surface area (Å²) < 4.78 is 35.2. The number of carbonyl (C=O) groups excluding carboxylic acids is 2. The van der Waals surface area contributed by atoms with Crippen LogP contribution in [-0.4, -0.2) is 57.1 Å². The zero-order valence-corrected chi connectivity index (χ0v) is 16.2. The van der Waals surface area contributed by atoms with E-state index in [1.165, 1.54) is 18.9 Å². The number of nitrogens with one attached hydrogen (secondary N) is 2. The molecular formula is C17H20N4O6S. The van der Waals surface area contributed by atoms with Gasteiger partial charge in [-0.2, -0.15) is 5.10 Å². The molecule has 1 aromatic heterocycles. The van der Waals surface area contributed by atoms with Crippen molar-refractivity contribution in [1.29, 1.82) is 0 Å². The predicted octanol–water partition coefficient (Wildman–Crippen LogP) is -0.0257. The molecule has 2 heterocycles. The standard InChI is InChI=1S/C17H20N4O6S/c1-26-14(27-2)8-18-16(22)17(23)19-15-12-9-28(24,25)10-13(12)20-21(15)11-6-4-3-5-7-11/h3-7,14H,8-10H2,1-2H3,(H,18,22)(H,19,23). The monoisotopic (exact) mass is 408 g/mol. The van der Waals surface area contributed by atoms with Crippen LogP contribution in [0.3, 0.4) is 0 Å². The van der Waals surface area contributed by atoms with E-state index in [0.29, 0.717) is 16.9 Å². The van der Waals surface area contributed by atoms with Crippen molar-refractivity contribution < 1.29 is 27.5 Å². The van der Waals surface area contributed by atoms with Crippen LogP contribution in [0.15, 0.2) is 30.3 Å². The molecule has 0 aliphatic carbocycles. The van der Waals surface area contributed by atoms with Crippen LogP contribution in [0.5, 0.6) is 0 Å². The molecule has 2 amide bonds. The zero-order valence-electron chi connectivity index (χ0n) is 15.3. The number of fused-ring (bicyclic) bond motifs is 1. The number of hydrogen-bond acceptors (Lipinski definition) is 7. The molecule has 0 saturated carbocycles. The number of anilines is 1. The highest BCUT2D eigenvalue weighted by Gasteiger charge is 2.33. The summed E-state index contributed by atoms with van der Waals surface area (Å²) >= 11 is 0. The molecule has 28 heavy (non-hydrogen) atoms. The number of nitrogens with zero attached hydrogens (tertiary/aromatic N) is 2. The molecule has 0 saturated heterocycles. The van der Waals surface area contributed by atoms with E-state index in [1.807, 2.05) is 6.07 Å². The second-order valence-electron chi connectivity index (χ2n) is 6.12. The van der Waals surface area contributed by atoms with Gasteiger partial charge in [-0.05, 0) is 12.1 Å². The third-order valence-corrected chi connectivity index (χ3v) is 5.62. The second-order valence-corrected chi connectivity index (χ2v) is 8.18. The lowest BCUT2D eigenvalue weighted by molar-refractivity contribution is -0.139. The Balaban J connectivity index is 1.84. The molecule has 0 atom stereocenters. The quantitative estimate of drug-likeness (QED) is 0.507. The van der Waals surface area contributed by atoms with Gasteiger partial charge in [0, 0.05) is 19.8 Å². The molecule has 11 heteroatoms. The average Bonchev–Trinajstić information content (AvgIpc) is 3.15. The Morgan fingerprint density at radius 2 is 1.82 bits per heavy atom. The first-order valence-electron chi connectivity index (χ1n) is 8.36. The first kappa shape index (κ1) is 20.0. The Labute approximate surface area is 161 Å². The lowest BCUT2D eigenvalue weighted by atomic mass is 10.2. The highest BCUT2D eigenvalue weighted by Crippen LogP contribution is 2.32. The first-order chi connectivity index (χ1) is 13.3. The largest absolute Gasteiger partial charge is 0.354 e. The van der Waals surface area contributed by atoms with E-state index in [1.54, 1.807) is 24.3 Å². The molecule has 3 rings (SSSR count). The number of amides is 2. The van der Waals surface area contributed by atoms with E-state index in [2.05, 4.69) is 15.7 Å². The minimum atomic E-state index is -3.33. The van der Waals surface area contributed by atoms with Gasteiger partial charge in [0.25, 0.3) is 0 Å². The molecule has 150 valence electrons. The fourth-order valence-corrected chi connectivity index (χ4v) is 4.30.